The van der Waals surface area contributed by atoms with Crippen molar-refractivity contribution >= 4 is 113 Å². The lowest BCUT2D eigenvalue weighted by molar-refractivity contribution is 0.0615. The molecule has 0 unspecified atom stereocenters. The summed E-state index contributed by atoms with van der Waals surface area (Å²) >= 11 is 25.2. The SMILES string of the molecule is O=C1c2ccccc2C(=O)N1CCOC(=Nc1cc(Cl)ccc1Cl)SSC(=Nc1cc(Cl)ccc1Cl)OCCN1C(=O)c2ccccc2C1=O. The number of halogens is 4. The zero-order chi connectivity index (χ0) is 35.4. The van der Waals surface area contributed by atoms with Gasteiger partial charge in [-0.05, 0) is 60.7 Å². The van der Waals surface area contributed by atoms with Crippen LogP contribution in [-0.2, 0) is 9.47 Å². The van der Waals surface area contributed by atoms with Gasteiger partial charge in [-0.3, -0.25) is 29.0 Å². The van der Waals surface area contributed by atoms with Crippen molar-refractivity contribution in [1.82, 2.24) is 9.80 Å². The fraction of sp³-hybridized carbons (Fsp3) is 0.118. The highest BCUT2D eigenvalue weighted by atomic mass is 35.5. The van der Waals surface area contributed by atoms with Crippen molar-refractivity contribution in [1.29, 1.82) is 0 Å². The minimum Gasteiger partial charge on any atom is -0.470 e. The highest BCUT2D eigenvalue weighted by molar-refractivity contribution is 8.87. The molecular formula is C34H22Cl4N4O6S2. The zero-order valence-corrected chi connectivity index (χ0v) is 30.1. The summed E-state index contributed by atoms with van der Waals surface area (Å²) in [6.45, 7) is -0.335. The first-order valence-electron chi connectivity index (χ1n) is 14.7. The molecule has 2 aliphatic heterocycles. The van der Waals surface area contributed by atoms with E-state index in [1.807, 2.05) is 0 Å². The number of nitrogens with zero attached hydrogens (tertiary/aromatic N) is 4. The van der Waals surface area contributed by atoms with Crippen LogP contribution in [0.25, 0.3) is 0 Å². The molecule has 0 atom stereocenters. The fourth-order valence-electron chi connectivity index (χ4n) is 4.89. The summed E-state index contributed by atoms with van der Waals surface area (Å²) in [6, 6.07) is 22.6. The minimum atomic E-state index is -0.424. The van der Waals surface area contributed by atoms with Crippen molar-refractivity contribution in [3.05, 3.63) is 127 Å². The van der Waals surface area contributed by atoms with Crippen molar-refractivity contribution in [3.8, 4) is 0 Å². The molecular weight excluding hydrogens is 766 g/mol. The highest BCUT2D eigenvalue weighted by Crippen LogP contribution is 2.35. The summed E-state index contributed by atoms with van der Waals surface area (Å²) in [5.41, 5.74) is 1.88. The van der Waals surface area contributed by atoms with Crippen LogP contribution in [0.1, 0.15) is 41.4 Å². The zero-order valence-electron chi connectivity index (χ0n) is 25.5. The molecule has 4 aromatic carbocycles. The molecule has 16 heteroatoms. The summed E-state index contributed by atoms with van der Waals surface area (Å²) in [4.78, 5) is 62.8. The number of carbonyl (C=O) groups excluding carboxylic acids is 4. The summed E-state index contributed by atoms with van der Waals surface area (Å²) in [5, 5.41) is 1.46. The van der Waals surface area contributed by atoms with E-state index >= 15 is 0 Å². The van der Waals surface area contributed by atoms with Gasteiger partial charge in [-0.2, -0.15) is 0 Å². The Bertz CT molecular complexity index is 1880. The quantitative estimate of drug-likeness (QED) is 0.0752. The van der Waals surface area contributed by atoms with Crippen molar-refractivity contribution in [2.75, 3.05) is 26.3 Å². The van der Waals surface area contributed by atoms with Crippen LogP contribution in [0, 0.1) is 0 Å². The number of imide groups is 2. The summed E-state index contributed by atoms with van der Waals surface area (Å²) in [7, 11) is 1.98. The predicted octanol–water partition coefficient (Wildman–Crippen LogP) is 8.98. The maximum atomic E-state index is 12.9. The Labute approximate surface area is 313 Å². The van der Waals surface area contributed by atoms with E-state index in [-0.39, 0.29) is 36.8 Å². The number of fused-ring (bicyclic) bond motifs is 2. The Morgan fingerprint density at radius 1 is 0.540 bits per heavy atom. The Balaban J connectivity index is 1.20. The standard InChI is InChI=1S/C34H22Cl4N4O6S2/c35-19-9-11-25(37)27(17-19)39-33(47-15-13-41-29(43)21-5-1-2-6-22(21)30(41)44)49-50-34(40-28-18-20(36)10-12-26(28)38)48-16-14-42-31(45)23-7-3-4-8-24(23)32(42)46/h1-12,17-18H,13-16H2. The molecule has 0 aromatic heterocycles. The van der Waals surface area contributed by atoms with Crippen LogP contribution in [-0.4, -0.2) is 70.2 Å². The molecule has 2 heterocycles. The van der Waals surface area contributed by atoms with Gasteiger partial charge in [0.25, 0.3) is 34.1 Å². The number of carbonyl (C=O) groups is 4. The van der Waals surface area contributed by atoms with Gasteiger partial charge < -0.3 is 9.47 Å². The van der Waals surface area contributed by atoms with E-state index in [1.165, 1.54) is 0 Å². The number of amides is 4. The third-order valence-corrected chi connectivity index (χ3v) is 10.3. The molecule has 4 amide bonds. The number of ether oxygens (including phenoxy) is 2. The van der Waals surface area contributed by atoms with Gasteiger partial charge in [-0.1, -0.05) is 70.7 Å². The molecule has 0 saturated carbocycles. The highest BCUT2D eigenvalue weighted by Gasteiger charge is 2.36. The van der Waals surface area contributed by atoms with E-state index in [4.69, 9.17) is 55.9 Å². The number of hydrogen-bond acceptors (Lipinski definition) is 10. The van der Waals surface area contributed by atoms with Gasteiger partial charge in [0.1, 0.15) is 13.2 Å². The van der Waals surface area contributed by atoms with Crippen LogP contribution in [0.2, 0.25) is 20.1 Å². The second kappa shape index (κ2) is 15.9. The normalized spacial score (nSPS) is 14.4. The van der Waals surface area contributed by atoms with Crippen LogP contribution >= 0.6 is 68.0 Å². The number of rotatable bonds is 8. The maximum absolute atomic E-state index is 12.9. The molecule has 6 rings (SSSR count). The van der Waals surface area contributed by atoms with Gasteiger partial charge in [0, 0.05) is 31.6 Å². The lowest BCUT2D eigenvalue weighted by atomic mass is 10.1. The fourth-order valence-corrected chi connectivity index (χ4v) is 7.16. The summed E-state index contributed by atoms with van der Waals surface area (Å²) in [6.07, 6.45) is 0. The van der Waals surface area contributed by atoms with Crippen molar-refractivity contribution < 1.29 is 28.7 Å². The van der Waals surface area contributed by atoms with Crippen LogP contribution in [0.15, 0.2) is 94.9 Å². The molecule has 0 spiro atoms. The average Bonchev–Trinajstić information content (AvgIpc) is 3.50. The number of aliphatic imine (C=N–C) groups is 2. The molecule has 50 heavy (non-hydrogen) atoms. The molecule has 0 bridgehead atoms. The number of hydrogen-bond donors (Lipinski definition) is 0. The van der Waals surface area contributed by atoms with Gasteiger partial charge >= 0.3 is 0 Å². The molecule has 0 saturated heterocycles. The topological polar surface area (TPSA) is 118 Å². The van der Waals surface area contributed by atoms with E-state index in [2.05, 4.69) is 9.98 Å². The molecule has 0 aliphatic carbocycles. The number of benzene rings is 4. The molecule has 0 radical (unpaired) electrons. The summed E-state index contributed by atoms with van der Waals surface area (Å²) in [5.74, 6) is -1.70. The van der Waals surface area contributed by atoms with Crippen molar-refractivity contribution in [3.63, 3.8) is 0 Å². The third kappa shape index (κ3) is 7.96. The second-order valence-electron chi connectivity index (χ2n) is 10.4. The van der Waals surface area contributed by atoms with Gasteiger partial charge in [0.15, 0.2) is 0 Å². The smallest absolute Gasteiger partial charge is 0.262 e. The average molecular weight is 789 g/mol. The van der Waals surface area contributed by atoms with Crippen LogP contribution in [0.3, 0.4) is 0 Å². The van der Waals surface area contributed by atoms with Gasteiger partial charge in [-0.15, -0.1) is 0 Å². The van der Waals surface area contributed by atoms with Crippen LogP contribution < -0.4 is 0 Å². The van der Waals surface area contributed by atoms with E-state index in [9.17, 15) is 19.2 Å². The van der Waals surface area contributed by atoms with Gasteiger partial charge in [0.2, 0.25) is 0 Å². The predicted molar refractivity (Wildman–Crippen MR) is 198 cm³/mol. The Kier molecular flexibility index (Phi) is 11.4. The molecule has 254 valence electrons. The maximum Gasteiger partial charge on any atom is 0.262 e. The first-order valence-corrected chi connectivity index (χ1v) is 18.3. The molecule has 0 N–H and O–H groups in total. The van der Waals surface area contributed by atoms with Gasteiger partial charge in [0.05, 0.1) is 56.8 Å². The lowest BCUT2D eigenvalue weighted by Gasteiger charge is -2.16. The molecule has 0 fully saturated rings. The van der Waals surface area contributed by atoms with Crippen LogP contribution in [0.4, 0.5) is 11.4 Å². The van der Waals surface area contributed by atoms with Gasteiger partial charge in [-0.25, -0.2) is 9.98 Å². The minimum absolute atomic E-state index is 0.0598. The third-order valence-electron chi connectivity index (χ3n) is 7.26. The lowest BCUT2D eigenvalue weighted by Crippen LogP contribution is -2.33. The largest absolute Gasteiger partial charge is 0.470 e. The Morgan fingerprint density at radius 2 is 0.880 bits per heavy atom. The van der Waals surface area contributed by atoms with E-state index in [0.717, 1.165) is 31.4 Å². The molecule has 4 aromatic rings. The Hall–Kier alpha value is -4.04. The van der Waals surface area contributed by atoms with Crippen molar-refractivity contribution in [2.24, 2.45) is 9.98 Å². The van der Waals surface area contributed by atoms with Crippen LogP contribution in [0.5, 0.6) is 0 Å². The van der Waals surface area contributed by atoms with E-state index < -0.39 is 23.6 Å². The second-order valence-corrected chi connectivity index (χ2v) is 14.1. The Morgan fingerprint density at radius 3 is 1.22 bits per heavy atom. The monoisotopic (exact) mass is 786 g/mol. The molecule has 10 nitrogen and oxygen atoms in total. The van der Waals surface area contributed by atoms with E-state index in [1.54, 1.807) is 84.9 Å². The summed E-state index contributed by atoms with van der Waals surface area (Å²) < 4.78 is 12.0. The molecule has 2 aliphatic rings. The van der Waals surface area contributed by atoms with E-state index in [0.29, 0.717) is 53.7 Å². The first-order chi connectivity index (χ1) is 24.1. The van der Waals surface area contributed by atoms with Crippen molar-refractivity contribution in [2.45, 2.75) is 0 Å². The first kappa shape index (κ1) is 35.8.